The molecule has 0 bridgehead atoms. The highest BCUT2D eigenvalue weighted by molar-refractivity contribution is 5.81. The molecule has 0 saturated carbocycles. The van der Waals surface area contributed by atoms with Crippen LogP contribution in [0.25, 0.3) is 5.57 Å². The van der Waals surface area contributed by atoms with Gasteiger partial charge in [0.25, 0.3) is 0 Å². The standard InChI is InChI=1S/C19H20O2/c1-14-7-9-17-16-5-3-4-6-18(16)21-13-15(2)11-12-20-19(17)10-8-14/h3-10,14H,2,11-13H2,1H3. The van der Waals surface area contributed by atoms with Crippen molar-refractivity contribution in [3.63, 3.8) is 0 Å². The lowest BCUT2D eigenvalue weighted by atomic mass is 10.0. The Morgan fingerprint density at radius 2 is 1.90 bits per heavy atom. The molecule has 0 N–H and O–H groups in total. The van der Waals surface area contributed by atoms with Gasteiger partial charge >= 0.3 is 0 Å². The molecule has 0 spiro atoms. The van der Waals surface area contributed by atoms with Gasteiger partial charge in [0, 0.05) is 17.6 Å². The third-order valence-electron chi connectivity index (χ3n) is 3.71. The van der Waals surface area contributed by atoms with E-state index in [0.717, 1.165) is 34.6 Å². The van der Waals surface area contributed by atoms with E-state index in [-0.39, 0.29) is 0 Å². The van der Waals surface area contributed by atoms with Crippen LogP contribution in [0, 0.1) is 5.92 Å². The first kappa shape index (κ1) is 13.7. The topological polar surface area (TPSA) is 18.5 Å². The summed E-state index contributed by atoms with van der Waals surface area (Å²) >= 11 is 0. The highest BCUT2D eigenvalue weighted by Gasteiger charge is 2.15. The van der Waals surface area contributed by atoms with Crippen molar-refractivity contribution in [2.75, 3.05) is 13.2 Å². The maximum absolute atomic E-state index is 6.00. The van der Waals surface area contributed by atoms with Gasteiger partial charge in [0.05, 0.1) is 6.61 Å². The first-order valence-corrected chi connectivity index (χ1v) is 7.36. The maximum Gasteiger partial charge on any atom is 0.127 e. The van der Waals surface area contributed by atoms with Gasteiger partial charge in [-0.15, -0.1) is 0 Å². The van der Waals surface area contributed by atoms with Gasteiger partial charge in [0.1, 0.15) is 18.1 Å². The Hall–Kier alpha value is -2.22. The molecule has 2 nitrogen and oxygen atoms in total. The van der Waals surface area contributed by atoms with E-state index in [9.17, 15) is 0 Å². The van der Waals surface area contributed by atoms with Gasteiger partial charge in [-0.3, -0.25) is 0 Å². The predicted octanol–water partition coefficient (Wildman–Crippen LogP) is 4.52. The van der Waals surface area contributed by atoms with Crippen molar-refractivity contribution in [1.82, 2.24) is 0 Å². The molecule has 0 radical (unpaired) electrons. The average Bonchev–Trinajstić information content (AvgIpc) is 2.68. The summed E-state index contributed by atoms with van der Waals surface area (Å²) in [6, 6.07) is 8.10. The Balaban J connectivity index is 2.11. The van der Waals surface area contributed by atoms with Crippen LogP contribution < -0.4 is 4.74 Å². The fourth-order valence-electron chi connectivity index (χ4n) is 2.44. The molecule has 1 aliphatic carbocycles. The van der Waals surface area contributed by atoms with Gasteiger partial charge in [-0.1, -0.05) is 49.9 Å². The molecule has 1 unspecified atom stereocenters. The van der Waals surface area contributed by atoms with E-state index in [1.54, 1.807) is 0 Å². The second-order valence-electron chi connectivity index (χ2n) is 5.49. The molecule has 1 aromatic rings. The molecule has 3 rings (SSSR count). The van der Waals surface area contributed by atoms with Crippen LogP contribution in [0.2, 0.25) is 0 Å². The smallest absolute Gasteiger partial charge is 0.127 e. The molecule has 2 heteroatoms. The van der Waals surface area contributed by atoms with E-state index in [0.29, 0.717) is 19.1 Å². The highest BCUT2D eigenvalue weighted by atomic mass is 16.5. The van der Waals surface area contributed by atoms with Crippen molar-refractivity contribution in [3.8, 4) is 5.75 Å². The highest BCUT2D eigenvalue weighted by Crippen LogP contribution is 2.33. The summed E-state index contributed by atoms with van der Waals surface area (Å²) in [7, 11) is 0. The molecule has 1 heterocycles. The summed E-state index contributed by atoms with van der Waals surface area (Å²) in [5, 5.41) is 0. The Kier molecular flexibility index (Phi) is 3.96. The van der Waals surface area contributed by atoms with Crippen molar-refractivity contribution in [1.29, 1.82) is 0 Å². The number of hydrogen-bond acceptors (Lipinski definition) is 2. The van der Waals surface area contributed by atoms with Crippen LogP contribution in [-0.2, 0) is 4.74 Å². The number of hydrogen-bond donors (Lipinski definition) is 0. The number of allylic oxidation sites excluding steroid dienone is 5. The number of para-hydroxylation sites is 1. The molecule has 0 amide bonds. The minimum absolute atomic E-state index is 0.397. The van der Waals surface area contributed by atoms with Gasteiger partial charge in [-0.05, 0) is 23.6 Å². The lowest BCUT2D eigenvalue weighted by Crippen LogP contribution is -2.08. The largest absolute Gasteiger partial charge is 0.493 e. The zero-order valence-corrected chi connectivity index (χ0v) is 12.3. The molecule has 1 aliphatic heterocycles. The monoisotopic (exact) mass is 280 g/mol. The minimum atomic E-state index is 0.397. The number of benzene rings is 1. The zero-order chi connectivity index (χ0) is 14.7. The van der Waals surface area contributed by atoms with E-state index in [1.807, 2.05) is 18.2 Å². The molecule has 1 aromatic carbocycles. The summed E-state index contributed by atoms with van der Waals surface area (Å²) in [4.78, 5) is 0. The fraction of sp³-hybridized carbons (Fsp3) is 0.263. The molecule has 0 aromatic heterocycles. The van der Waals surface area contributed by atoms with E-state index < -0.39 is 0 Å². The van der Waals surface area contributed by atoms with E-state index >= 15 is 0 Å². The fourth-order valence-corrected chi connectivity index (χ4v) is 2.44. The Bertz CT molecular complexity index is 635. The first-order valence-electron chi connectivity index (χ1n) is 7.36. The van der Waals surface area contributed by atoms with Crippen molar-refractivity contribution in [2.24, 2.45) is 5.92 Å². The second kappa shape index (κ2) is 6.04. The van der Waals surface area contributed by atoms with E-state index in [1.165, 1.54) is 0 Å². The first-order chi connectivity index (χ1) is 10.2. The summed E-state index contributed by atoms with van der Waals surface area (Å²) in [5.74, 6) is 2.18. The van der Waals surface area contributed by atoms with Gasteiger partial charge in [0.2, 0.25) is 0 Å². The van der Waals surface area contributed by atoms with Gasteiger partial charge < -0.3 is 9.47 Å². The number of fused-ring (bicyclic) bond motifs is 2. The van der Waals surface area contributed by atoms with Crippen LogP contribution in [-0.4, -0.2) is 13.2 Å². The van der Waals surface area contributed by atoms with Crippen molar-refractivity contribution in [2.45, 2.75) is 13.3 Å². The second-order valence-corrected chi connectivity index (χ2v) is 5.49. The molecular weight excluding hydrogens is 260 g/mol. The predicted molar refractivity (Wildman–Crippen MR) is 86.0 cm³/mol. The molecule has 1 atom stereocenters. The third kappa shape index (κ3) is 3.10. The van der Waals surface area contributed by atoms with Crippen molar-refractivity contribution >= 4 is 5.57 Å². The van der Waals surface area contributed by atoms with Crippen LogP contribution in [0.5, 0.6) is 5.75 Å². The lowest BCUT2D eigenvalue weighted by Gasteiger charge is -2.18. The summed E-state index contributed by atoms with van der Waals surface area (Å²) in [5.41, 5.74) is 3.20. The van der Waals surface area contributed by atoms with Crippen LogP contribution in [0.15, 0.2) is 66.5 Å². The van der Waals surface area contributed by atoms with Crippen LogP contribution in [0.4, 0.5) is 0 Å². The van der Waals surface area contributed by atoms with Crippen molar-refractivity contribution in [3.05, 3.63) is 72.0 Å². The SMILES string of the molecule is C=C1CCOC2=C(C=CC(C)C=C2)c2ccccc2OC1. The quantitative estimate of drug-likeness (QED) is 0.651. The van der Waals surface area contributed by atoms with Crippen LogP contribution in [0.1, 0.15) is 18.9 Å². The summed E-state index contributed by atoms with van der Waals surface area (Å²) < 4.78 is 11.9. The molecule has 0 fully saturated rings. The molecular formula is C19H20O2. The Labute approximate surface area is 126 Å². The van der Waals surface area contributed by atoms with Crippen molar-refractivity contribution < 1.29 is 9.47 Å². The molecule has 0 saturated heterocycles. The van der Waals surface area contributed by atoms with Crippen LogP contribution >= 0.6 is 0 Å². The van der Waals surface area contributed by atoms with E-state index in [4.69, 9.17) is 9.47 Å². The van der Waals surface area contributed by atoms with Crippen LogP contribution in [0.3, 0.4) is 0 Å². The Morgan fingerprint density at radius 3 is 2.81 bits per heavy atom. The lowest BCUT2D eigenvalue weighted by molar-refractivity contribution is 0.223. The molecule has 21 heavy (non-hydrogen) atoms. The third-order valence-corrected chi connectivity index (χ3v) is 3.71. The van der Waals surface area contributed by atoms with Gasteiger partial charge in [-0.2, -0.15) is 0 Å². The maximum atomic E-state index is 6.00. The number of rotatable bonds is 0. The van der Waals surface area contributed by atoms with E-state index in [2.05, 4.69) is 43.9 Å². The summed E-state index contributed by atoms with van der Waals surface area (Å²) in [6.07, 6.45) is 9.36. The van der Waals surface area contributed by atoms with Gasteiger partial charge in [0.15, 0.2) is 0 Å². The average molecular weight is 280 g/mol. The normalized spacial score (nSPS) is 21.8. The molecule has 108 valence electrons. The summed E-state index contributed by atoms with van der Waals surface area (Å²) in [6.45, 7) is 7.38. The number of ether oxygens (including phenoxy) is 2. The Morgan fingerprint density at radius 1 is 1.10 bits per heavy atom. The molecule has 2 aliphatic rings. The minimum Gasteiger partial charge on any atom is -0.493 e. The van der Waals surface area contributed by atoms with Gasteiger partial charge in [-0.25, -0.2) is 0 Å². The zero-order valence-electron chi connectivity index (χ0n) is 12.3.